The molecule has 0 aliphatic rings. The van der Waals surface area contributed by atoms with Gasteiger partial charge in [0.2, 0.25) is 0 Å². The Labute approximate surface area is 231 Å². The van der Waals surface area contributed by atoms with Gasteiger partial charge in [0.05, 0.1) is 29.8 Å². The summed E-state index contributed by atoms with van der Waals surface area (Å²) in [6, 6.07) is 19.3. The summed E-state index contributed by atoms with van der Waals surface area (Å²) in [5.41, 5.74) is 7.84. The van der Waals surface area contributed by atoms with Crippen LogP contribution in [-0.4, -0.2) is 48.6 Å². The van der Waals surface area contributed by atoms with Gasteiger partial charge in [-0.2, -0.15) is 0 Å². The maximum Gasteiger partial charge on any atom is 0.309 e. The number of pyridine rings is 2. The zero-order valence-corrected chi connectivity index (χ0v) is 22.6. The topological polar surface area (TPSA) is 132 Å². The van der Waals surface area contributed by atoms with E-state index in [2.05, 4.69) is 26.8 Å². The summed E-state index contributed by atoms with van der Waals surface area (Å²) in [5.74, 6) is -1.22. The first kappa shape index (κ1) is 26.9. The number of benzene rings is 2. The molecule has 3 heterocycles. The molecule has 5 aromatic rings. The van der Waals surface area contributed by atoms with Gasteiger partial charge in [-0.15, -0.1) is 5.10 Å². The van der Waals surface area contributed by atoms with Gasteiger partial charge in [0, 0.05) is 22.7 Å². The van der Waals surface area contributed by atoms with E-state index in [1.54, 1.807) is 30.8 Å². The molecule has 10 nitrogen and oxygen atoms in total. The maximum atomic E-state index is 12.7. The van der Waals surface area contributed by atoms with Crippen molar-refractivity contribution in [2.45, 2.75) is 40.2 Å². The Morgan fingerprint density at radius 1 is 1.05 bits per heavy atom. The molecule has 3 aromatic heterocycles. The molecule has 0 bridgehead atoms. The molecule has 1 amide bonds. The second kappa shape index (κ2) is 11.2. The van der Waals surface area contributed by atoms with Gasteiger partial charge in [0.15, 0.2) is 5.65 Å². The fourth-order valence-electron chi connectivity index (χ4n) is 4.46. The number of hydroxylamine groups is 1. The Morgan fingerprint density at radius 3 is 2.67 bits per heavy atom. The molecule has 2 aromatic carbocycles. The minimum Gasteiger partial charge on any atom is -0.481 e. The van der Waals surface area contributed by atoms with Crippen molar-refractivity contribution in [1.29, 1.82) is 0 Å². The molecule has 0 radical (unpaired) electrons. The fraction of sp³-hybridized carbons (Fsp3) is 0.267. The van der Waals surface area contributed by atoms with Gasteiger partial charge in [-0.1, -0.05) is 23.4 Å². The van der Waals surface area contributed by atoms with Crippen LogP contribution in [0.5, 0.6) is 0 Å². The summed E-state index contributed by atoms with van der Waals surface area (Å²) < 4.78 is 1.78. The summed E-state index contributed by atoms with van der Waals surface area (Å²) >= 11 is 0. The van der Waals surface area contributed by atoms with Gasteiger partial charge >= 0.3 is 5.97 Å². The van der Waals surface area contributed by atoms with Crippen LogP contribution in [0.3, 0.4) is 0 Å². The Morgan fingerprint density at radius 2 is 1.88 bits per heavy atom. The van der Waals surface area contributed by atoms with Crippen molar-refractivity contribution in [1.82, 2.24) is 30.4 Å². The van der Waals surface area contributed by atoms with Crippen LogP contribution in [0.15, 0.2) is 66.9 Å². The van der Waals surface area contributed by atoms with Gasteiger partial charge in [-0.25, -0.2) is 15.1 Å². The van der Waals surface area contributed by atoms with Crippen molar-refractivity contribution in [3.05, 3.63) is 83.6 Å². The van der Waals surface area contributed by atoms with E-state index in [-0.39, 0.29) is 12.5 Å². The molecular formula is C30H30N6O4. The van der Waals surface area contributed by atoms with Crippen molar-refractivity contribution in [2.24, 2.45) is 5.41 Å². The molecule has 0 saturated carbocycles. The molecule has 0 atom stereocenters. The molecule has 40 heavy (non-hydrogen) atoms. The van der Waals surface area contributed by atoms with E-state index in [4.69, 9.17) is 9.82 Å². The molecule has 0 spiro atoms. The number of nitrogens with zero attached hydrogens (tertiary/aromatic N) is 5. The first-order valence-electron chi connectivity index (χ1n) is 13.0. The van der Waals surface area contributed by atoms with Crippen molar-refractivity contribution in [3.8, 4) is 11.3 Å². The second-order valence-electron chi connectivity index (χ2n) is 10.4. The van der Waals surface area contributed by atoms with Crippen LogP contribution >= 0.6 is 0 Å². The number of amides is 1. The summed E-state index contributed by atoms with van der Waals surface area (Å²) in [7, 11) is 0. The molecule has 10 heteroatoms. The SMILES string of the molecule is Cc1cc(-c2ccc3nnn(Cc4ccc5ncccc5c4)c3n2)ccc1C(=O)NOCCCC(C)(C)C(=O)O. The van der Waals surface area contributed by atoms with Crippen LogP contribution in [0.4, 0.5) is 0 Å². The summed E-state index contributed by atoms with van der Waals surface area (Å²) in [5, 5.41) is 18.8. The number of aromatic nitrogens is 5. The zero-order valence-electron chi connectivity index (χ0n) is 22.6. The van der Waals surface area contributed by atoms with E-state index in [9.17, 15) is 14.7 Å². The normalized spacial score (nSPS) is 11.7. The molecule has 0 aliphatic heterocycles. The molecule has 0 aliphatic carbocycles. The van der Waals surface area contributed by atoms with Gasteiger partial charge in [-0.3, -0.25) is 19.4 Å². The number of fused-ring (bicyclic) bond motifs is 2. The lowest BCUT2D eigenvalue weighted by Crippen LogP contribution is -2.27. The van der Waals surface area contributed by atoms with Crippen LogP contribution in [0.25, 0.3) is 33.3 Å². The third-order valence-electron chi connectivity index (χ3n) is 6.92. The van der Waals surface area contributed by atoms with Crippen LogP contribution in [0.1, 0.15) is 48.2 Å². The van der Waals surface area contributed by atoms with Gasteiger partial charge in [-0.05, 0) is 87.2 Å². The highest BCUT2D eigenvalue weighted by Gasteiger charge is 2.26. The molecule has 0 saturated heterocycles. The third kappa shape index (κ3) is 5.81. The lowest BCUT2D eigenvalue weighted by atomic mass is 9.88. The van der Waals surface area contributed by atoms with Crippen molar-refractivity contribution in [2.75, 3.05) is 6.61 Å². The monoisotopic (exact) mass is 538 g/mol. The first-order chi connectivity index (χ1) is 19.2. The van der Waals surface area contributed by atoms with E-state index in [0.29, 0.717) is 36.1 Å². The molecule has 0 unspecified atom stereocenters. The van der Waals surface area contributed by atoms with E-state index in [0.717, 1.165) is 33.3 Å². The number of nitrogens with one attached hydrogen (secondary N) is 1. The molecule has 204 valence electrons. The predicted octanol–water partition coefficient (Wildman–Crippen LogP) is 4.95. The first-order valence-corrected chi connectivity index (χ1v) is 13.0. The number of carbonyl (C=O) groups is 2. The number of carboxylic acids is 1. The smallest absolute Gasteiger partial charge is 0.309 e. The lowest BCUT2D eigenvalue weighted by molar-refractivity contribution is -0.147. The second-order valence-corrected chi connectivity index (χ2v) is 10.4. The van der Waals surface area contributed by atoms with Crippen molar-refractivity contribution in [3.63, 3.8) is 0 Å². The summed E-state index contributed by atoms with van der Waals surface area (Å²) in [6.07, 6.45) is 2.73. The van der Waals surface area contributed by atoms with Gasteiger partial charge < -0.3 is 5.11 Å². The Hall–Kier alpha value is -4.70. The van der Waals surface area contributed by atoms with Crippen LogP contribution in [-0.2, 0) is 16.2 Å². The van der Waals surface area contributed by atoms with Crippen molar-refractivity contribution >= 4 is 33.9 Å². The average molecular weight is 539 g/mol. The van der Waals surface area contributed by atoms with E-state index < -0.39 is 11.4 Å². The number of carbonyl (C=O) groups excluding carboxylic acids is 1. The van der Waals surface area contributed by atoms with Crippen LogP contribution < -0.4 is 5.48 Å². The summed E-state index contributed by atoms with van der Waals surface area (Å²) in [4.78, 5) is 38.4. The standard InChI is InChI=1S/C30H30N6O4/c1-19-16-22(8-9-23(19)28(37)34-40-15-5-13-30(2,3)29(38)39)25-11-12-26-27(32-25)36(35-33-26)18-20-7-10-24-21(17-20)6-4-14-31-24/h4,6-12,14,16-17H,5,13,15,18H2,1-3H3,(H,34,37)(H,38,39). The number of hydrogen-bond acceptors (Lipinski definition) is 7. The number of rotatable bonds is 10. The highest BCUT2D eigenvalue weighted by Crippen LogP contribution is 2.24. The molecular weight excluding hydrogens is 508 g/mol. The number of aliphatic carboxylic acids is 1. The molecule has 5 rings (SSSR count). The van der Waals surface area contributed by atoms with Crippen molar-refractivity contribution < 1.29 is 19.5 Å². The third-order valence-corrected chi connectivity index (χ3v) is 6.92. The Kier molecular flexibility index (Phi) is 7.52. The Bertz CT molecular complexity index is 1710. The molecule has 0 fully saturated rings. The quantitative estimate of drug-likeness (QED) is 0.189. The highest BCUT2D eigenvalue weighted by molar-refractivity contribution is 5.95. The molecule has 2 N–H and O–H groups in total. The van der Waals surface area contributed by atoms with Crippen LogP contribution in [0, 0.1) is 12.3 Å². The van der Waals surface area contributed by atoms with E-state index in [1.165, 1.54) is 0 Å². The maximum absolute atomic E-state index is 12.7. The fourth-order valence-corrected chi connectivity index (χ4v) is 4.46. The van der Waals surface area contributed by atoms with E-state index >= 15 is 0 Å². The lowest BCUT2D eigenvalue weighted by Gasteiger charge is -2.18. The minimum atomic E-state index is -0.857. The number of aryl methyl sites for hydroxylation is 1. The largest absolute Gasteiger partial charge is 0.481 e. The number of hydrogen-bond donors (Lipinski definition) is 2. The summed E-state index contributed by atoms with van der Waals surface area (Å²) in [6.45, 7) is 5.93. The van der Waals surface area contributed by atoms with Gasteiger partial charge in [0.25, 0.3) is 5.91 Å². The predicted molar refractivity (Wildman–Crippen MR) is 150 cm³/mol. The van der Waals surface area contributed by atoms with E-state index in [1.807, 2.05) is 55.5 Å². The van der Waals surface area contributed by atoms with Crippen LogP contribution in [0.2, 0.25) is 0 Å². The highest BCUT2D eigenvalue weighted by atomic mass is 16.6. The average Bonchev–Trinajstić information content (AvgIpc) is 3.34. The Balaban J connectivity index is 1.27. The minimum absolute atomic E-state index is 0.224. The van der Waals surface area contributed by atoms with Gasteiger partial charge in [0.1, 0.15) is 5.52 Å². The number of carboxylic acid groups (broad SMARTS) is 1. The zero-order chi connectivity index (χ0) is 28.3.